The second-order valence-corrected chi connectivity index (χ2v) is 7.13. The molecule has 0 fully saturated rings. The van der Waals surface area contributed by atoms with Gasteiger partial charge in [0, 0.05) is 28.6 Å². The zero-order valence-corrected chi connectivity index (χ0v) is 17.7. The molecule has 29 heavy (non-hydrogen) atoms. The quantitative estimate of drug-likeness (QED) is 0.407. The first-order valence-corrected chi connectivity index (χ1v) is 9.70. The fourth-order valence-electron chi connectivity index (χ4n) is 2.89. The molecule has 0 saturated heterocycles. The van der Waals surface area contributed by atoms with Crippen molar-refractivity contribution in [2.45, 2.75) is 46.8 Å². The maximum atomic E-state index is 12.4. The Hall–Kier alpha value is -3.04. The van der Waals surface area contributed by atoms with E-state index in [0.29, 0.717) is 10.7 Å². The van der Waals surface area contributed by atoms with Crippen molar-refractivity contribution >= 4 is 35.2 Å². The van der Waals surface area contributed by atoms with Crippen molar-refractivity contribution in [3.05, 3.63) is 57.9 Å². The summed E-state index contributed by atoms with van der Waals surface area (Å²) in [5, 5.41) is 12.6. The van der Waals surface area contributed by atoms with E-state index in [2.05, 4.69) is 16.8 Å². The third-order valence-corrected chi connectivity index (χ3v) is 4.72. The number of nitriles is 1. The van der Waals surface area contributed by atoms with Crippen LogP contribution in [0.5, 0.6) is 0 Å². The van der Waals surface area contributed by atoms with Gasteiger partial charge >= 0.3 is 5.97 Å². The fraction of sp³-hybridized carbons (Fsp3) is 0.318. The Labute approximate surface area is 175 Å². The van der Waals surface area contributed by atoms with Crippen LogP contribution in [0.1, 0.15) is 37.2 Å². The molecule has 0 bridgehead atoms. The Morgan fingerprint density at radius 1 is 1.31 bits per heavy atom. The predicted octanol–water partition coefficient (Wildman–Crippen LogP) is 4.65. The highest BCUT2D eigenvalue weighted by atomic mass is 35.5. The Balaban J connectivity index is 2.10. The number of hydrogen-bond acceptors (Lipinski definition) is 4. The molecule has 1 N–H and O–H groups in total. The van der Waals surface area contributed by atoms with Gasteiger partial charge in [-0.25, -0.2) is 4.79 Å². The lowest BCUT2D eigenvalue weighted by Gasteiger charge is -2.13. The van der Waals surface area contributed by atoms with Crippen molar-refractivity contribution in [2.75, 3.05) is 5.32 Å². The molecule has 6 nitrogen and oxygen atoms in total. The van der Waals surface area contributed by atoms with Crippen molar-refractivity contribution in [1.29, 1.82) is 5.26 Å². The van der Waals surface area contributed by atoms with Crippen LogP contribution in [0.15, 0.2) is 35.9 Å². The van der Waals surface area contributed by atoms with E-state index in [9.17, 15) is 14.9 Å². The highest BCUT2D eigenvalue weighted by Crippen LogP contribution is 2.19. The first-order chi connectivity index (χ1) is 13.8. The third-order valence-electron chi connectivity index (χ3n) is 4.47. The molecule has 0 aliphatic carbocycles. The number of benzene rings is 1. The van der Waals surface area contributed by atoms with E-state index < -0.39 is 18.0 Å². The molecule has 1 aromatic carbocycles. The first kappa shape index (κ1) is 22.3. The molecule has 1 atom stereocenters. The van der Waals surface area contributed by atoms with Crippen molar-refractivity contribution < 1.29 is 14.3 Å². The van der Waals surface area contributed by atoms with Gasteiger partial charge in [0.25, 0.3) is 5.91 Å². The number of carbonyl (C=O) groups is 2. The fourth-order valence-corrected chi connectivity index (χ4v) is 3.01. The predicted molar refractivity (Wildman–Crippen MR) is 113 cm³/mol. The van der Waals surface area contributed by atoms with Gasteiger partial charge in [0.05, 0.1) is 0 Å². The normalized spacial score (nSPS) is 12.2. The van der Waals surface area contributed by atoms with Crippen molar-refractivity contribution in [2.24, 2.45) is 0 Å². The summed E-state index contributed by atoms with van der Waals surface area (Å²) in [6.07, 6.45) is 1.41. The highest BCUT2D eigenvalue weighted by molar-refractivity contribution is 6.30. The molecule has 7 heteroatoms. The lowest BCUT2D eigenvalue weighted by Crippen LogP contribution is -2.30. The Bertz CT molecular complexity index is 968. The minimum absolute atomic E-state index is 0.159. The van der Waals surface area contributed by atoms with Crippen LogP contribution in [-0.2, 0) is 20.9 Å². The topological polar surface area (TPSA) is 84.1 Å². The largest absolute Gasteiger partial charge is 0.448 e. The number of esters is 1. The number of anilines is 1. The van der Waals surface area contributed by atoms with Crippen molar-refractivity contribution in [3.63, 3.8) is 0 Å². The summed E-state index contributed by atoms with van der Waals surface area (Å²) in [6, 6.07) is 10.3. The second-order valence-electron chi connectivity index (χ2n) is 6.69. The number of hydrogen-bond donors (Lipinski definition) is 1. The number of aromatic nitrogens is 1. The third kappa shape index (κ3) is 5.72. The van der Waals surface area contributed by atoms with E-state index in [4.69, 9.17) is 16.3 Å². The molecule has 0 saturated carbocycles. The standard InChI is InChI=1S/C22H24ClN3O3/c1-5-10-26-14(2)11-17(15(26)3)12-18(13-24)22(28)29-16(4)21(27)25-20-8-6-19(23)7-9-20/h6-9,11-12,16H,5,10H2,1-4H3,(H,25,27)/b18-12+/t16-/m1/s1. The number of halogens is 1. The molecular formula is C22H24ClN3O3. The average Bonchev–Trinajstić information content (AvgIpc) is 2.95. The molecule has 2 rings (SSSR count). The van der Waals surface area contributed by atoms with E-state index in [1.807, 2.05) is 26.0 Å². The summed E-state index contributed by atoms with van der Waals surface area (Å²) >= 11 is 5.82. The van der Waals surface area contributed by atoms with E-state index in [1.165, 1.54) is 13.0 Å². The van der Waals surface area contributed by atoms with Crippen LogP contribution < -0.4 is 5.32 Å². The Morgan fingerprint density at radius 2 is 1.97 bits per heavy atom. The monoisotopic (exact) mass is 413 g/mol. The summed E-state index contributed by atoms with van der Waals surface area (Å²) in [6.45, 7) is 8.32. The van der Waals surface area contributed by atoms with Crippen LogP contribution in [0.25, 0.3) is 6.08 Å². The summed E-state index contributed by atoms with van der Waals surface area (Å²) in [4.78, 5) is 24.7. The molecule has 0 spiro atoms. The Morgan fingerprint density at radius 3 is 2.55 bits per heavy atom. The van der Waals surface area contributed by atoms with Crippen LogP contribution in [0, 0.1) is 25.2 Å². The minimum atomic E-state index is -1.07. The lowest BCUT2D eigenvalue weighted by atomic mass is 10.1. The number of nitrogens with zero attached hydrogens (tertiary/aromatic N) is 2. The summed E-state index contributed by atoms with van der Waals surface area (Å²) in [5.41, 5.74) is 3.17. The maximum absolute atomic E-state index is 12.4. The highest BCUT2D eigenvalue weighted by Gasteiger charge is 2.21. The molecule has 1 amide bonds. The van der Waals surface area contributed by atoms with E-state index in [-0.39, 0.29) is 5.57 Å². The van der Waals surface area contributed by atoms with Gasteiger partial charge in [0.1, 0.15) is 11.6 Å². The molecule has 152 valence electrons. The molecular weight excluding hydrogens is 390 g/mol. The molecule has 1 aromatic heterocycles. The van der Waals surface area contributed by atoms with E-state index >= 15 is 0 Å². The first-order valence-electron chi connectivity index (χ1n) is 9.32. The number of ether oxygens (including phenoxy) is 1. The van der Waals surface area contributed by atoms with Gasteiger partial charge in [-0.15, -0.1) is 0 Å². The number of nitrogens with one attached hydrogen (secondary N) is 1. The van der Waals surface area contributed by atoms with Crippen molar-refractivity contribution in [3.8, 4) is 6.07 Å². The van der Waals surface area contributed by atoms with Gasteiger partial charge in [-0.3, -0.25) is 4.79 Å². The second kappa shape index (κ2) is 9.94. The smallest absolute Gasteiger partial charge is 0.349 e. The van der Waals surface area contributed by atoms with Gasteiger partial charge < -0.3 is 14.6 Å². The van der Waals surface area contributed by atoms with Gasteiger partial charge in [-0.05, 0) is 69.2 Å². The number of aryl methyl sites for hydroxylation is 1. The van der Waals surface area contributed by atoms with Crippen molar-refractivity contribution in [1.82, 2.24) is 4.57 Å². The van der Waals surface area contributed by atoms with E-state index in [1.54, 1.807) is 24.3 Å². The minimum Gasteiger partial charge on any atom is -0.448 e. The Kier molecular flexibility index (Phi) is 7.63. The molecule has 0 unspecified atom stereocenters. The number of rotatable bonds is 7. The number of carbonyl (C=O) groups excluding carboxylic acids is 2. The SMILES string of the molecule is CCCn1c(C)cc(/C=C(\C#N)C(=O)O[C@H](C)C(=O)Nc2ccc(Cl)cc2)c1C. The molecule has 0 aliphatic rings. The van der Waals surface area contributed by atoms with Gasteiger partial charge in [0.15, 0.2) is 6.10 Å². The lowest BCUT2D eigenvalue weighted by molar-refractivity contribution is -0.148. The van der Waals surface area contributed by atoms with E-state index in [0.717, 1.165) is 29.9 Å². The molecule has 0 radical (unpaired) electrons. The summed E-state index contributed by atoms with van der Waals surface area (Å²) < 4.78 is 7.32. The zero-order valence-electron chi connectivity index (χ0n) is 17.0. The van der Waals surface area contributed by atoms with Gasteiger partial charge in [-0.1, -0.05) is 18.5 Å². The summed E-state index contributed by atoms with van der Waals surface area (Å²) in [7, 11) is 0. The summed E-state index contributed by atoms with van der Waals surface area (Å²) in [5.74, 6) is -1.34. The molecule has 2 aromatic rings. The van der Waals surface area contributed by atoms with Gasteiger partial charge in [0.2, 0.25) is 0 Å². The van der Waals surface area contributed by atoms with Crippen LogP contribution in [0.2, 0.25) is 5.02 Å². The van der Waals surface area contributed by atoms with Crippen LogP contribution in [0.4, 0.5) is 5.69 Å². The average molecular weight is 414 g/mol. The van der Waals surface area contributed by atoms with Crippen LogP contribution in [0.3, 0.4) is 0 Å². The molecule has 0 aliphatic heterocycles. The zero-order chi connectivity index (χ0) is 21.6. The van der Waals surface area contributed by atoms with Crippen LogP contribution in [-0.4, -0.2) is 22.5 Å². The van der Waals surface area contributed by atoms with Crippen LogP contribution >= 0.6 is 11.6 Å². The van der Waals surface area contributed by atoms with Gasteiger partial charge in [-0.2, -0.15) is 5.26 Å². The maximum Gasteiger partial charge on any atom is 0.349 e. The number of amides is 1. The molecule has 1 heterocycles.